The number of anilines is 2. The van der Waals surface area contributed by atoms with Gasteiger partial charge in [0.05, 0.1) is 0 Å². The van der Waals surface area contributed by atoms with E-state index >= 15 is 0 Å². The molecule has 1 unspecified atom stereocenters. The number of rotatable bonds is 8. The van der Waals surface area contributed by atoms with Crippen molar-refractivity contribution in [2.45, 2.75) is 19.4 Å². The van der Waals surface area contributed by atoms with Crippen molar-refractivity contribution < 1.29 is 0 Å². The van der Waals surface area contributed by atoms with E-state index in [4.69, 9.17) is 5.73 Å². The molecule has 0 saturated carbocycles. The molecule has 6 nitrogen and oxygen atoms in total. The molecule has 1 rings (SSSR count). The molecule has 0 aliphatic heterocycles. The van der Waals surface area contributed by atoms with E-state index in [0.29, 0.717) is 6.54 Å². The Balaban J connectivity index is 2.39. The van der Waals surface area contributed by atoms with Crippen molar-refractivity contribution in [3.05, 3.63) is 12.4 Å². The van der Waals surface area contributed by atoms with Crippen LogP contribution in [0.15, 0.2) is 12.4 Å². The quantitative estimate of drug-likeness (QED) is 0.588. The number of hydrogen-bond acceptors (Lipinski definition) is 6. The van der Waals surface area contributed by atoms with Gasteiger partial charge in [-0.25, -0.2) is 9.97 Å². The van der Waals surface area contributed by atoms with Gasteiger partial charge in [0, 0.05) is 25.2 Å². The van der Waals surface area contributed by atoms with Gasteiger partial charge in [-0.2, -0.15) is 0 Å². The molecule has 0 radical (unpaired) electrons. The second kappa shape index (κ2) is 7.84. The second-order valence-electron chi connectivity index (χ2n) is 4.65. The second-order valence-corrected chi connectivity index (χ2v) is 4.65. The summed E-state index contributed by atoms with van der Waals surface area (Å²) in [5.41, 5.74) is 5.56. The number of nitrogens with two attached hydrogens (primary N) is 1. The number of nitrogens with one attached hydrogen (secondary N) is 2. The molecular weight excluding hydrogens is 228 g/mol. The van der Waals surface area contributed by atoms with Crippen molar-refractivity contribution in [1.82, 2.24) is 14.9 Å². The van der Waals surface area contributed by atoms with E-state index in [9.17, 15) is 0 Å². The average Bonchev–Trinajstić information content (AvgIpc) is 2.35. The fraction of sp³-hybridized carbons (Fsp3) is 0.667. The van der Waals surface area contributed by atoms with Crippen LogP contribution >= 0.6 is 0 Å². The molecule has 18 heavy (non-hydrogen) atoms. The van der Waals surface area contributed by atoms with Crippen LogP contribution in [0.2, 0.25) is 0 Å². The van der Waals surface area contributed by atoms with Gasteiger partial charge in [-0.3, -0.25) is 0 Å². The zero-order valence-corrected chi connectivity index (χ0v) is 11.5. The topological polar surface area (TPSA) is 79.1 Å². The molecule has 0 aromatic carbocycles. The van der Waals surface area contributed by atoms with E-state index in [-0.39, 0.29) is 6.04 Å². The smallest absolute Gasteiger partial charge is 0.131 e. The van der Waals surface area contributed by atoms with Crippen LogP contribution in [0.3, 0.4) is 0 Å². The van der Waals surface area contributed by atoms with Crippen LogP contribution in [0, 0.1) is 0 Å². The molecule has 1 aromatic rings. The molecule has 0 amide bonds. The highest BCUT2D eigenvalue weighted by atomic mass is 15.1. The monoisotopic (exact) mass is 252 g/mol. The lowest BCUT2D eigenvalue weighted by atomic mass is 10.3. The number of hydrogen-bond donors (Lipinski definition) is 3. The highest BCUT2D eigenvalue weighted by molar-refractivity contribution is 5.46. The van der Waals surface area contributed by atoms with Crippen LogP contribution in [0.25, 0.3) is 0 Å². The van der Waals surface area contributed by atoms with Gasteiger partial charge in [0.25, 0.3) is 0 Å². The molecular formula is C12H24N6. The Morgan fingerprint density at radius 3 is 2.72 bits per heavy atom. The van der Waals surface area contributed by atoms with Crippen molar-refractivity contribution in [2.24, 2.45) is 5.73 Å². The standard InChI is InChI=1S/C12H24N6/c1-10(8-13)17-12-7-11(15-9-16-12)14-5-4-6-18(2)3/h7,9-10H,4-6,8,13H2,1-3H3,(H2,14,15,16,17). The van der Waals surface area contributed by atoms with Crippen LogP contribution in [0.4, 0.5) is 11.6 Å². The van der Waals surface area contributed by atoms with E-state index in [1.54, 1.807) is 6.33 Å². The first-order valence-corrected chi connectivity index (χ1v) is 6.29. The third kappa shape index (κ3) is 5.79. The minimum atomic E-state index is 0.210. The zero-order chi connectivity index (χ0) is 13.4. The van der Waals surface area contributed by atoms with Crippen molar-refractivity contribution in [1.29, 1.82) is 0 Å². The fourth-order valence-corrected chi connectivity index (χ4v) is 1.46. The molecule has 102 valence electrons. The average molecular weight is 252 g/mol. The van der Waals surface area contributed by atoms with Crippen LogP contribution in [0.1, 0.15) is 13.3 Å². The lowest BCUT2D eigenvalue weighted by Crippen LogP contribution is -2.25. The summed E-state index contributed by atoms with van der Waals surface area (Å²) in [5.74, 6) is 1.65. The first-order valence-electron chi connectivity index (χ1n) is 6.29. The summed E-state index contributed by atoms with van der Waals surface area (Å²) in [6.07, 6.45) is 2.64. The van der Waals surface area contributed by atoms with Crippen LogP contribution in [-0.2, 0) is 0 Å². The predicted molar refractivity (Wildman–Crippen MR) is 75.8 cm³/mol. The minimum Gasteiger partial charge on any atom is -0.370 e. The molecule has 4 N–H and O–H groups in total. The van der Waals surface area contributed by atoms with Gasteiger partial charge in [-0.05, 0) is 34.0 Å². The summed E-state index contributed by atoms with van der Waals surface area (Å²) < 4.78 is 0. The molecule has 0 bridgehead atoms. The van der Waals surface area contributed by atoms with Gasteiger partial charge in [0.15, 0.2) is 0 Å². The van der Waals surface area contributed by atoms with Crippen molar-refractivity contribution in [3.63, 3.8) is 0 Å². The summed E-state index contributed by atoms with van der Waals surface area (Å²) in [4.78, 5) is 10.5. The Labute approximate surface area is 109 Å². The van der Waals surface area contributed by atoms with E-state index in [1.807, 2.05) is 13.0 Å². The molecule has 6 heteroatoms. The molecule has 1 aromatic heterocycles. The van der Waals surface area contributed by atoms with Gasteiger partial charge < -0.3 is 21.3 Å². The van der Waals surface area contributed by atoms with Gasteiger partial charge in [0.1, 0.15) is 18.0 Å². The van der Waals surface area contributed by atoms with Crippen LogP contribution < -0.4 is 16.4 Å². The maximum Gasteiger partial charge on any atom is 0.131 e. The van der Waals surface area contributed by atoms with Gasteiger partial charge in [-0.1, -0.05) is 0 Å². The minimum absolute atomic E-state index is 0.210. The molecule has 1 atom stereocenters. The highest BCUT2D eigenvalue weighted by Gasteiger charge is 2.02. The van der Waals surface area contributed by atoms with Crippen LogP contribution in [-0.4, -0.2) is 54.6 Å². The highest BCUT2D eigenvalue weighted by Crippen LogP contribution is 2.09. The Bertz CT molecular complexity index is 341. The molecule has 0 spiro atoms. The normalized spacial score (nSPS) is 12.5. The molecule has 0 aliphatic rings. The molecule has 0 saturated heterocycles. The fourth-order valence-electron chi connectivity index (χ4n) is 1.46. The number of aromatic nitrogens is 2. The predicted octanol–water partition coefficient (Wildman–Crippen LogP) is 0.599. The van der Waals surface area contributed by atoms with Crippen molar-refractivity contribution in [3.8, 4) is 0 Å². The lowest BCUT2D eigenvalue weighted by Gasteiger charge is -2.13. The maximum absolute atomic E-state index is 5.56. The Morgan fingerprint density at radius 1 is 1.33 bits per heavy atom. The van der Waals surface area contributed by atoms with E-state index < -0.39 is 0 Å². The summed E-state index contributed by atoms with van der Waals surface area (Å²) in [7, 11) is 4.14. The largest absolute Gasteiger partial charge is 0.370 e. The molecule has 0 aliphatic carbocycles. The first kappa shape index (κ1) is 14.7. The molecule has 1 heterocycles. The van der Waals surface area contributed by atoms with Crippen LogP contribution in [0.5, 0.6) is 0 Å². The van der Waals surface area contributed by atoms with Gasteiger partial charge in [0.2, 0.25) is 0 Å². The Hall–Kier alpha value is -1.40. The summed E-state index contributed by atoms with van der Waals surface area (Å²) >= 11 is 0. The van der Waals surface area contributed by atoms with E-state index in [0.717, 1.165) is 31.1 Å². The molecule has 0 fully saturated rings. The van der Waals surface area contributed by atoms with Crippen molar-refractivity contribution in [2.75, 3.05) is 44.4 Å². The third-order valence-corrected chi connectivity index (χ3v) is 2.50. The van der Waals surface area contributed by atoms with Crippen molar-refractivity contribution >= 4 is 11.6 Å². The SMILES string of the molecule is CC(CN)Nc1cc(NCCCN(C)C)ncn1. The Morgan fingerprint density at radius 2 is 2.06 bits per heavy atom. The lowest BCUT2D eigenvalue weighted by molar-refractivity contribution is 0.405. The summed E-state index contributed by atoms with van der Waals surface area (Å²) in [6, 6.07) is 2.11. The zero-order valence-electron chi connectivity index (χ0n) is 11.5. The number of nitrogens with zero attached hydrogens (tertiary/aromatic N) is 3. The van der Waals surface area contributed by atoms with E-state index in [1.165, 1.54) is 0 Å². The first-order chi connectivity index (χ1) is 8.61. The Kier molecular flexibility index (Phi) is 6.38. The third-order valence-electron chi connectivity index (χ3n) is 2.50. The van der Waals surface area contributed by atoms with Gasteiger partial charge >= 0.3 is 0 Å². The van der Waals surface area contributed by atoms with Gasteiger partial charge in [-0.15, -0.1) is 0 Å². The maximum atomic E-state index is 5.56. The van der Waals surface area contributed by atoms with E-state index in [2.05, 4.69) is 39.6 Å². The summed E-state index contributed by atoms with van der Waals surface area (Å²) in [5, 5.41) is 6.50. The summed E-state index contributed by atoms with van der Waals surface area (Å²) in [6.45, 7) is 4.57.